The number of aromatic nitrogens is 2. The van der Waals surface area contributed by atoms with Crippen LogP contribution in [0.25, 0.3) is 0 Å². The maximum absolute atomic E-state index is 5.37. The number of nitrogens with zero attached hydrogens (tertiary/aromatic N) is 4. The van der Waals surface area contributed by atoms with E-state index in [1.165, 1.54) is 0 Å². The van der Waals surface area contributed by atoms with Gasteiger partial charge in [0.25, 0.3) is 0 Å². The van der Waals surface area contributed by atoms with Gasteiger partial charge in [-0.3, -0.25) is 5.01 Å². The smallest absolute Gasteiger partial charge is 0.212 e. The Bertz CT molecular complexity index is 372. The number of rotatable bonds is 4. The van der Waals surface area contributed by atoms with E-state index < -0.39 is 0 Å². The first-order valence-corrected chi connectivity index (χ1v) is 5.01. The second-order valence-corrected chi connectivity index (χ2v) is 3.16. The largest absolute Gasteiger partial charge is 0.475 e. The number of aliphatic imine (C=N–C) groups is 1. The van der Waals surface area contributed by atoms with Gasteiger partial charge in [0.2, 0.25) is 5.90 Å². The third-order valence-corrected chi connectivity index (χ3v) is 2.05. The molecule has 0 aliphatic carbocycles. The number of hydrogen-bond acceptors (Lipinski definition) is 5. The molecule has 0 atom stereocenters. The molecule has 0 saturated heterocycles. The molecule has 2 rings (SSSR count). The summed E-state index contributed by atoms with van der Waals surface area (Å²) in [5.74, 6) is 0.625. The third-order valence-electron chi connectivity index (χ3n) is 2.05. The van der Waals surface area contributed by atoms with Crippen molar-refractivity contribution in [3.63, 3.8) is 0 Å². The van der Waals surface area contributed by atoms with Crippen molar-refractivity contribution < 1.29 is 9.47 Å². The van der Waals surface area contributed by atoms with Crippen LogP contribution in [-0.4, -0.2) is 42.8 Å². The van der Waals surface area contributed by atoms with E-state index >= 15 is 0 Å². The van der Waals surface area contributed by atoms with E-state index in [0.29, 0.717) is 25.8 Å². The van der Waals surface area contributed by atoms with E-state index in [2.05, 4.69) is 10.1 Å². The Labute approximate surface area is 93.8 Å². The Morgan fingerprint density at radius 2 is 2.38 bits per heavy atom. The molecule has 1 aromatic rings. The van der Waals surface area contributed by atoms with Gasteiger partial charge in [-0.25, -0.2) is 4.99 Å². The van der Waals surface area contributed by atoms with Gasteiger partial charge in [-0.05, 0) is 6.07 Å². The topological polar surface area (TPSA) is 51.9 Å². The first-order valence-electron chi connectivity index (χ1n) is 5.01. The summed E-state index contributed by atoms with van der Waals surface area (Å²) in [6.07, 6.45) is 7.27. The monoisotopic (exact) mass is 222 g/mol. The van der Waals surface area contributed by atoms with Crippen molar-refractivity contribution in [1.29, 1.82) is 0 Å². The molecule has 86 valence electrons. The number of hydrogen-bond donors (Lipinski definition) is 0. The average molecular weight is 222 g/mol. The number of ether oxygens (including phenoxy) is 2. The summed E-state index contributed by atoms with van der Waals surface area (Å²) in [5, 5.41) is 5.97. The van der Waals surface area contributed by atoms with Gasteiger partial charge in [-0.15, -0.1) is 0 Å². The van der Waals surface area contributed by atoms with Crippen LogP contribution in [0.5, 0.6) is 0 Å². The van der Waals surface area contributed by atoms with Crippen molar-refractivity contribution in [3.05, 3.63) is 30.7 Å². The lowest BCUT2D eigenvalue weighted by molar-refractivity contribution is 0.141. The molecular formula is C10H14N4O2. The lowest BCUT2D eigenvalue weighted by Gasteiger charge is -2.21. The highest BCUT2D eigenvalue weighted by Crippen LogP contribution is 2.00. The van der Waals surface area contributed by atoms with Gasteiger partial charge < -0.3 is 9.47 Å². The highest BCUT2D eigenvalue weighted by atomic mass is 16.5. The van der Waals surface area contributed by atoms with E-state index in [-0.39, 0.29) is 0 Å². The predicted molar refractivity (Wildman–Crippen MR) is 59.7 cm³/mol. The van der Waals surface area contributed by atoms with Gasteiger partial charge in [0, 0.05) is 25.6 Å². The van der Waals surface area contributed by atoms with Crippen LogP contribution >= 0.6 is 0 Å². The molecule has 0 radical (unpaired) electrons. The molecule has 6 nitrogen and oxygen atoms in total. The highest BCUT2D eigenvalue weighted by Gasteiger charge is 2.07. The van der Waals surface area contributed by atoms with E-state index in [4.69, 9.17) is 9.47 Å². The van der Waals surface area contributed by atoms with Crippen LogP contribution in [0.1, 0.15) is 0 Å². The van der Waals surface area contributed by atoms with Crippen LogP contribution in [0.3, 0.4) is 0 Å². The molecule has 1 aliphatic heterocycles. The Hall–Kier alpha value is -1.82. The summed E-state index contributed by atoms with van der Waals surface area (Å²) in [4.78, 5) is 5.97. The molecular weight excluding hydrogens is 208 g/mol. The fraction of sp³-hybridized carbons (Fsp3) is 0.400. The summed E-state index contributed by atoms with van der Waals surface area (Å²) in [6.45, 7) is 1.58. The summed E-state index contributed by atoms with van der Waals surface area (Å²) < 4.78 is 10.3. The molecule has 16 heavy (non-hydrogen) atoms. The summed E-state index contributed by atoms with van der Waals surface area (Å²) >= 11 is 0. The average Bonchev–Trinajstić information content (AvgIpc) is 2.84. The molecule has 0 unspecified atom stereocenters. The van der Waals surface area contributed by atoms with Crippen LogP contribution < -0.4 is 5.01 Å². The summed E-state index contributed by atoms with van der Waals surface area (Å²) in [5.41, 5.74) is 0. The van der Waals surface area contributed by atoms with E-state index in [9.17, 15) is 0 Å². The van der Waals surface area contributed by atoms with Gasteiger partial charge >= 0.3 is 0 Å². The van der Waals surface area contributed by atoms with Crippen LogP contribution in [-0.2, 0) is 9.47 Å². The van der Waals surface area contributed by atoms with Crippen molar-refractivity contribution in [2.75, 3.05) is 32.0 Å². The first kappa shape index (κ1) is 10.7. The standard InChI is InChI=1S/C10H14N4O2/c1-15-7-8-16-10-3-6-13(9-11-10)14-5-2-4-12-14/h2-6H,7-9H2,1H3. The molecule has 1 aromatic heterocycles. The van der Waals surface area contributed by atoms with Crippen LogP contribution in [0.15, 0.2) is 35.7 Å². The van der Waals surface area contributed by atoms with Gasteiger partial charge in [0.05, 0.1) is 12.8 Å². The molecule has 2 heterocycles. The fourth-order valence-corrected chi connectivity index (χ4v) is 1.26. The van der Waals surface area contributed by atoms with Crippen LogP contribution in [0.4, 0.5) is 0 Å². The van der Waals surface area contributed by atoms with Gasteiger partial charge in [0.1, 0.15) is 13.3 Å². The quantitative estimate of drug-likeness (QED) is 0.690. The van der Waals surface area contributed by atoms with Gasteiger partial charge in [-0.2, -0.15) is 9.89 Å². The predicted octanol–water partition coefficient (Wildman–Crippen LogP) is 0.367. The summed E-state index contributed by atoms with van der Waals surface area (Å²) in [6, 6.07) is 1.86. The highest BCUT2D eigenvalue weighted by molar-refractivity contribution is 5.88. The molecule has 0 aromatic carbocycles. The number of methoxy groups -OCH3 is 1. The zero-order valence-corrected chi connectivity index (χ0v) is 9.11. The molecule has 0 saturated carbocycles. The Morgan fingerprint density at radius 1 is 1.44 bits per heavy atom. The summed E-state index contributed by atoms with van der Waals surface area (Å²) in [7, 11) is 1.64. The second kappa shape index (κ2) is 5.32. The Balaban J connectivity index is 1.84. The van der Waals surface area contributed by atoms with Crippen molar-refractivity contribution in [2.45, 2.75) is 0 Å². The van der Waals surface area contributed by atoms with Crippen LogP contribution in [0.2, 0.25) is 0 Å². The van der Waals surface area contributed by atoms with Gasteiger partial charge in [0.15, 0.2) is 0 Å². The van der Waals surface area contributed by atoms with E-state index in [0.717, 1.165) is 0 Å². The fourth-order valence-electron chi connectivity index (χ4n) is 1.26. The van der Waals surface area contributed by atoms with Crippen molar-refractivity contribution in [1.82, 2.24) is 9.89 Å². The Kier molecular flexibility index (Phi) is 3.55. The third kappa shape index (κ3) is 2.60. The molecule has 0 spiro atoms. The van der Waals surface area contributed by atoms with Crippen molar-refractivity contribution >= 4 is 5.90 Å². The first-order chi connectivity index (χ1) is 7.90. The van der Waals surface area contributed by atoms with E-state index in [1.807, 2.05) is 23.5 Å². The van der Waals surface area contributed by atoms with Crippen LogP contribution in [0, 0.1) is 0 Å². The minimum absolute atomic E-state index is 0.500. The normalized spacial score (nSPS) is 15.1. The minimum Gasteiger partial charge on any atom is -0.475 e. The lowest BCUT2D eigenvalue weighted by atomic mass is 10.5. The Morgan fingerprint density at radius 3 is 3.00 bits per heavy atom. The van der Waals surface area contributed by atoms with E-state index in [1.54, 1.807) is 24.2 Å². The maximum Gasteiger partial charge on any atom is 0.212 e. The molecule has 0 bridgehead atoms. The zero-order valence-electron chi connectivity index (χ0n) is 9.11. The maximum atomic E-state index is 5.37. The molecule has 0 N–H and O–H groups in total. The lowest BCUT2D eigenvalue weighted by Crippen LogP contribution is -2.32. The van der Waals surface area contributed by atoms with Crippen molar-refractivity contribution in [2.24, 2.45) is 4.99 Å². The second-order valence-electron chi connectivity index (χ2n) is 3.16. The van der Waals surface area contributed by atoms with Gasteiger partial charge in [-0.1, -0.05) is 0 Å². The molecule has 6 heteroatoms. The molecule has 1 aliphatic rings. The van der Waals surface area contributed by atoms with Crippen molar-refractivity contribution in [3.8, 4) is 0 Å². The zero-order chi connectivity index (χ0) is 11.2. The molecule has 0 amide bonds. The minimum atomic E-state index is 0.500. The SMILES string of the molecule is COCCOC1=NCN(n2cccn2)C=C1. The molecule has 0 fully saturated rings.